The lowest BCUT2D eigenvalue weighted by atomic mass is 9.95. The molecule has 0 saturated carbocycles. The summed E-state index contributed by atoms with van der Waals surface area (Å²) in [6.07, 6.45) is 2.38. The van der Waals surface area contributed by atoms with Crippen molar-refractivity contribution >= 4 is 108 Å². The second-order valence-electron chi connectivity index (χ2n) is 15.4. The first kappa shape index (κ1) is 44.2. The van der Waals surface area contributed by atoms with E-state index in [-0.39, 0.29) is 48.5 Å². The minimum Gasteiger partial charge on any atom is -0.403 e. The number of halogens is 1. The maximum Gasteiger partial charge on any atom is 0.530 e. The molecule has 8 aromatic rings. The van der Waals surface area contributed by atoms with Gasteiger partial charge < -0.3 is 30.0 Å². The number of hydrogen-bond donors (Lipinski definition) is 4. The summed E-state index contributed by atoms with van der Waals surface area (Å²) in [6, 6.07) is 42.3. The van der Waals surface area contributed by atoms with Crippen LogP contribution in [0.2, 0.25) is 0 Å². The molecule has 0 radical (unpaired) electrons. The van der Waals surface area contributed by atoms with Crippen LogP contribution in [-0.2, 0) is 31.6 Å². The molecule has 0 saturated heterocycles. The lowest BCUT2D eigenvalue weighted by molar-refractivity contribution is -0.115. The summed E-state index contributed by atoms with van der Waals surface area (Å²) in [5.41, 5.74) is 6.33. The van der Waals surface area contributed by atoms with Gasteiger partial charge in [0.15, 0.2) is 0 Å². The van der Waals surface area contributed by atoms with Gasteiger partial charge >= 0.3 is 7.82 Å². The van der Waals surface area contributed by atoms with Gasteiger partial charge in [-0.15, -0.1) is 11.6 Å². The summed E-state index contributed by atoms with van der Waals surface area (Å²) in [7, 11) is -1.02. The van der Waals surface area contributed by atoms with Crippen LogP contribution in [0.5, 0.6) is 5.75 Å². The zero-order valence-electron chi connectivity index (χ0n) is 35.0. The van der Waals surface area contributed by atoms with Gasteiger partial charge in [-0.3, -0.25) is 23.4 Å². The van der Waals surface area contributed by atoms with Crippen LogP contribution in [0.15, 0.2) is 140 Å². The number of carbonyl (C=O) groups is 3. The molecule has 6 aromatic carbocycles. The zero-order chi connectivity index (χ0) is 44.9. The molecule has 0 unspecified atom stereocenters. The van der Waals surface area contributed by atoms with E-state index in [4.69, 9.17) is 25.2 Å². The van der Waals surface area contributed by atoms with E-state index in [0.717, 1.165) is 38.7 Å². The fourth-order valence-corrected chi connectivity index (χ4v) is 10.5. The predicted octanol–water partition coefficient (Wildman–Crippen LogP) is 12.3. The Balaban J connectivity index is 0.960. The largest absolute Gasteiger partial charge is 0.530 e. The molecule has 0 bridgehead atoms. The standard InChI is InChI=1S/C49H43ClN5O7PS2/c1-64-65-21-20-46(56)51-36-16-18-40-33(22-36)24-42(53-40)48(57)52-37-17-19-41-34(23-37)25-43(54-41)49(58)55-28-35(27-50)47-39-15-9-8-14-38(39)45(26-44(47)55)62-63(59,60-29-31-10-4-2-5-11-31)61-30-32-12-6-3-7-13-32/h2-19,22-26,35,53-54H,20-21,27-30H2,1H3,(H,51,56)(H,52,57)/t35-/m1/s1. The number of nitrogens with one attached hydrogen (secondary N) is 4. The van der Waals surface area contributed by atoms with E-state index in [1.807, 2.05) is 103 Å². The Morgan fingerprint density at radius 3 is 1.95 bits per heavy atom. The molecule has 4 N–H and O–H groups in total. The zero-order valence-corrected chi connectivity index (χ0v) is 38.3. The van der Waals surface area contributed by atoms with Gasteiger partial charge in [-0.25, -0.2) is 4.57 Å². The lowest BCUT2D eigenvalue weighted by Crippen LogP contribution is -2.30. The summed E-state index contributed by atoms with van der Waals surface area (Å²) in [6.45, 7) is 0.249. The van der Waals surface area contributed by atoms with Gasteiger partial charge in [0.05, 0.1) is 18.9 Å². The number of H-pyrrole nitrogens is 2. The molecule has 1 aliphatic rings. The van der Waals surface area contributed by atoms with Crippen LogP contribution < -0.4 is 20.1 Å². The number of fused-ring (bicyclic) bond motifs is 5. The van der Waals surface area contributed by atoms with Gasteiger partial charge in [-0.1, -0.05) is 107 Å². The van der Waals surface area contributed by atoms with Crippen LogP contribution in [0.3, 0.4) is 0 Å². The van der Waals surface area contributed by atoms with Crippen LogP contribution in [0.4, 0.5) is 17.1 Å². The van der Waals surface area contributed by atoms with Crippen molar-refractivity contribution in [3.05, 3.63) is 168 Å². The Bertz CT molecular complexity index is 3050. The minimum atomic E-state index is -4.28. The fourth-order valence-electron chi connectivity index (χ4n) is 7.92. The summed E-state index contributed by atoms with van der Waals surface area (Å²) in [5.74, 6) is 0.268. The lowest BCUT2D eigenvalue weighted by Gasteiger charge is -2.22. The van der Waals surface area contributed by atoms with Crippen molar-refractivity contribution < 1.29 is 32.5 Å². The van der Waals surface area contributed by atoms with E-state index < -0.39 is 7.82 Å². The second-order valence-corrected chi connectivity index (χ2v) is 20.0. The van der Waals surface area contributed by atoms with Gasteiger partial charge in [0.25, 0.3) is 11.8 Å². The molecule has 3 amide bonds. The van der Waals surface area contributed by atoms with E-state index in [9.17, 15) is 18.9 Å². The van der Waals surface area contributed by atoms with Crippen LogP contribution in [0.25, 0.3) is 32.6 Å². The number of hydrogen-bond acceptors (Lipinski definition) is 9. The quantitative estimate of drug-likeness (QED) is 0.0302. The topological polar surface area (TPSA) is 155 Å². The highest BCUT2D eigenvalue weighted by Crippen LogP contribution is 2.55. The molecule has 0 fully saturated rings. The summed E-state index contributed by atoms with van der Waals surface area (Å²) in [5, 5.41) is 8.84. The number of phosphoric acid groups is 1. The monoisotopic (exact) mass is 943 g/mol. The molecule has 1 aliphatic heterocycles. The van der Waals surface area contributed by atoms with Gasteiger partial charge in [-0.05, 0) is 76.9 Å². The smallest absolute Gasteiger partial charge is 0.403 e. The SMILES string of the molecule is CSSCCC(=O)Nc1ccc2[nH]c(C(=O)Nc3ccc4[nH]c(C(=O)N5C[C@@H](CCl)c6c5cc(OP(=O)(OCc5ccccc5)OCc5ccccc5)c5ccccc65)cc4c3)cc2c1. The Morgan fingerprint density at radius 1 is 0.738 bits per heavy atom. The maximum absolute atomic E-state index is 14.6. The van der Waals surface area contributed by atoms with Crippen molar-refractivity contribution in [1.29, 1.82) is 0 Å². The van der Waals surface area contributed by atoms with E-state index >= 15 is 0 Å². The number of aromatic amines is 2. The number of amides is 3. The molecule has 12 nitrogen and oxygen atoms in total. The molecule has 330 valence electrons. The first-order valence-corrected chi connectivity index (χ1v) is 25.5. The predicted molar refractivity (Wildman–Crippen MR) is 264 cm³/mol. The number of phosphoric ester groups is 1. The summed E-state index contributed by atoms with van der Waals surface area (Å²) < 4.78 is 32.9. The maximum atomic E-state index is 14.6. The molecule has 3 heterocycles. The first-order valence-electron chi connectivity index (χ1n) is 20.8. The number of benzene rings is 6. The van der Waals surface area contributed by atoms with Crippen LogP contribution >= 0.6 is 41.0 Å². The number of nitrogens with zero attached hydrogens (tertiary/aromatic N) is 1. The van der Waals surface area contributed by atoms with E-state index in [2.05, 4.69) is 20.6 Å². The third kappa shape index (κ3) is 9.98. The van der Waals surface area contributed by atoms with Gasteiger partial charge in [0, 0.05) is 75.1 Å². The van der Waals surface area contributed by atoms with Crippen LogP contribution in [0.1, 0.15) is 50.0 Å². The number of carbonyl (C=O) groups excluding carboxylic acids is 3. The highest BCUT2D eigenvalue weighted by atomic mass is 35.5. The van der Waals surface area contributed by atoms with Crippen molar-refractivity contribution in [1.82, 2.24) is 9.97 Å². The van der Waals surface area contributed by atoms with E-state index in [1.165, 1.54) is 0 Å². The van der Waals surface area contributed by atoms with Gasteiger partial charge in [-0.2, -0.15) is 0 Å². The molecule has 65 heavy (non-hydrogen) atoms. The first-order chi connectivity index (χ1) is 31.7. The number of anilines is 3. The molecular formula is C49H43ClN5O7PS2. The highest BCUT2D eigenvalue weighted by molar-refractivity contribution is 8.76. The normalized spacial score (nSPS) is 13.6. The molecule has 0 spiro atoms. The van der Waals surface area contributed by atoms with Crippen LogP contribution in [0, 0.1) is 0 Å². The second kappa shape index (κ2) is 19.6. The Morgan fingerprint density at radius 2 is 1.32 bits per heavy atom. The van der Waals surface area contributed by atoms with Crippen LogP contribution in [-0.4, -0.2) is 52.1 Å². The van der Waals surface area contributed by atoms with Gasteiger partial charge in [0.1, 0.15) is 17.1 Å². The molecule has 1 atom stereocenters. The number of alkyl halides is 1. The molecule has 0 aliphatic carbocycles. The third-order valence-corrected chi connectivity index (χ3v) is 14.5. The van der Waals surface area contributed by atoms with Crippen molar-refractivity contribution in [3.8, 4) is 5.75 Å². The fraction of sp³-hybridized carbons (Fsp3) is 0.163. The minimum absolute atomic E-state index is 0.0232. The van der Waals surface area contributed by atoms with Crippen molar-refractivity contribution in [2.45, 2.75) is 25.6 Å². The summed E-state index contributed by atoms with van der Waals surface area (Å²) >= 11 is 6.62. The summed E-state index contributed by atoms with van der Waals surface area (Å²) in [4.78, 5) is 48.5. The Kier molecular flexibility index (Phi) is 13.4. The number of rotatable bonds is 17. The highest BCUT2D eigenvalue weighted by Gasteiger charge is 2.37. The molecular weight excluding hydrogens is 901 g/mol. The Hall–Kier alpha value is -5.99. The molecule has 2 aromatic heterocycles. The van der Waals surface area contributed by atoms with Gasteiger partial charge in [0.2, 0.25) is 5.91 Å². The molecule has 16 heteroatoms. The number of aromatic nitrogens is 2. The van der Waals surface area contributed by atoms with Crippen molar-refractivity contribution in [2.75, 3.05) is 40.0 Å². The molecule has 9 rings (SSSR count). The Labute approximate surface area is 387 Å². The van der Waals surface area contributed by atoms with E-state index in [1.54, 1.807) is 69.0 Å². The average Bonchev–Trinajstić information content (AvgIpc) is 4.06. The van der Waals surface area contributed by atoms with E-state index in [0.29, 0.717) is 57.7 Å². The third-order valence-electron chi connectivity index (χ3n) is 11.0. The van der Waals surface area contributed by atoms with Crippen molar-refractivity contribution in [3.63, 3.8) is 0 Å². The van der Waals surface area contributed by atoms with Crippen molar-refractivity contribution in [2.24, 2.45) is 0 Å². The average molecular weight is 944 g/mol.